The van der Waals surface area contributed by atoms with Crippen molar-refractivity contribution in [1.82, 2.24) is 0 Å². The van der Waals surface area contributed by atoms with Crippen molar-refractivity contribution in [1.29, 1.82) is 0 Å². The molecular weight excluding hydrogens is 378 g/mol. The summed E-state index contributed by atoms with van der Waals surface area (Å²) in [7, 11) is 3.98. The van der Waals surface area contributed by atoms with Crippen molar-refractivity contribution in [3.63, 3.8) is 0 Å². The number of rotatable bonds is 7. The Morgan fingerprint density at radius 2 is 1.87 bits per heavy atom. The summed E-state index contributed by atoms with van der Waals surface area (Å²) in [5.41, 5.74) is 2.65. The fourth-order valence-corrected chi connectivity index (χ4v) is 3.12. The molecule has 1 N–H and O–H groups in total. The molecular formula is C25H29NO4. The summed E-state index contributed by atoms with van der Waals surface area (Å²) in [6.07, 6.45) is 3.71. The molecule has 3 rings (SSSR count). The highest BCUT2D eigenvalue weighted by molar-refractivity contribution is 5.71. The molecule has 5 nitrogen and oxygen atoms in total. The monoisotopic (exact) mass is 407 g/mol. The number of fused-ring (bicyclic) bond motifs is 1. The van der Waals surface area contributed by atoms with E-state index in [-0.39, 0.29) is 24.1 Å². The van der Waals surface area contributed by atoms with Crippen LogP contribution in [0.3, 0.4) is 0 Å². The van der Waals surface area contributed by atoms with Crippen LogP contribution in [-0.4, -0.2) is 25.2 Å². The summed E-state index contributed by atoms with van der Waals surface area (Å²) in [5.74, 6) is 0.844. The minimum Gasteiger partial charge on any atom is -0.453 e. The van der Waals surface area contributed by atoms with E-state index in [2.05, 4.69) is 0 Å². The van der Waals surface area contributed by atoms with Crippen molar-refractivity contribution in [2.45, 2.75) is 32.8 Å². The van der Waals surface area contributed by atoms with Crippen molar-refractivity contribution in [3.8, 4) is 5.75 Å². The molecule has 1 heterocycles. The quantitative estimate of drug-likeness (QED) is 0.649. The zero-order chi connectivity index (χ0) is 21.7. The van der Waals surface area contributed by atoms with Crippen molar-refractivity contribution in [2.24, 2.45) is 5.92 Å². The van der Waals surface area contributed by atoms with Gasteiger partial charge < -0.3 is 19.5 Å². The van der Waals surface area contributed by atoms with Crippen LogP contribution < -0.4 is 9.64 Å². The van der Waals surface area contributed by atoms with Gasteiger partial charge in [0, 0.05) is 31.8 Å². The number of aliphatic hydroxyl groups excluding tert-OH is 1. The average Bonchev–Trinajstić information content (AvgIpc) is 2.74. The second-order valence-corrected chi connectivity index (χ2v) is 7.78. The van der Waals surface area contributed by atoms with Crippen LogP contribution in [-0.2, 0) is 9.53 Å². The summed E-state index contributed by atoms with van der Waals surface area (Å²) < 4.78 is 11.6. The number of hydrogen-bond acceptors (Lipinski definition) is 5. The van der Waals surface area contributed by atoms with Gasteiger partial charge in [0.15, 0.2) is 11.5 Å². The lowest BCUT2D eigenvalue weighted by molar-refractivity contribution is -0.142. The average molecular weight is 408 g/mol. The van der Waals surface area contributed by atoms with Gasteiger partial charge in [0.1, 0.15) is 11.9 Å². The summed E-state index contributed by atoms with van der Waals surface area (Å²) >= 11 is 0. The molecule has 2 unspecified atom stereocenters. The number of hydrogen-bond donors (Lipinski definition) is 1. The van der Waals surface area contributed by atoms with E-state index in [9.17, 15) is 9.90 Å². The molecule has 0 radical (unpaired) electrons. The highest BCUT2D eigenvalue weighted by Gasteiger charge is 2.30. The summed E-state index contributed by atoms with van der Waals surface area (Å²) in [6.45, 7) is 4.03. The number of allylic oxidation sites excluding steroid dienone is 1. The molecule has 2 aromatic rings. The van der Waals surface area contributed by atoms with Crippen molar-refractivity contribution >= 4 is 17.7 Å². The molecule has 158 valence electrons. The van der Waals surface area contributed by atoms with Gasteiger partial charge in [-0.1, -0.05) is 56.7 Å². The van der Waals surface area contributed by atoms with Crippen LogP contribution in [0.4, 0.5) is 5.69 Å². The van der Waals surface area contributed by atoms with E-state index in [4.69, 9.17) is 9.47 Å². The zero-order valence-electron chi connectivity index (χ0n) is 18.0. The summed E-state index contributed by atoms with van der Waals surface area (Å²) in [6, 6.07) is 15.2. The second-order valence-electron chi connectivity index (χ2n) is 7.78. The predicted octanol–water partition coefficient (Wildman–Crippen LogP) is 5.08. The van der Waals surface area contributed by atoms with Gasteiger partial charge in [-0.05, 0) is 35.8 Å². The van der Waals surface area contributed by atoms with Gasteiger partial charge in [-0.2, -0.15) is 0 Å². The van der Waals surface area contributed by atoms with Crippen LogP contribution in [0.2, 0.25) is 0 Å². The zero-order valence-corrected chi connectivity index (χ0v) is 18.0. The highest BCUT2D eigenvalue weighted by atomic mass is 16.6. The normalized spacial score (nSPS) is 16.8. The van der Waals surface area contributed by atoms with Gasteiger partial charge in [0.2, 0.25) is 0 Å². The smallest absolute Gasteiger partial charge is 0.311 e. The lowest BCUT2D eigenvalue weighted by Crippen LogP contribution is -2.20. The van der Waals surface area contributed by atoms with E-state index in [1.54, 1.807) is 18.2 Å². The third-order valence-corrected chi connectivity index (χ3v) is 5.20. The maximum absolute atomic E-state index is 12.4. The maximum Gasteiger partial charge on any atom is 0.311 e. The summed E-state index contributed by atoms with van der Waals surface area (Å²) in [5, 5.41) is 10.9. The number of anilines is 1. The van der Waals surface area contributed by atoms with Crippen molar-refractivity contribution < 1.29 is 19.4 Å². The number of aliphatic hydroxyl groups is 1. The van der Waals surface area contributed by atoms with E-state index in [1.807, 2.05) is 75.3 Å². The molecule has 0 saturated heterocycles. The predicted molar refractivity (Wildman–Crippen MR) is 119 cm³/mol. The molecule has 30 heavy (non-hydrogen) atoms. The Morgan fingerprint density at radius 1 is 1.17 bits per heavy atom. The fraction of sp³-hybridized carbons (Fsp3) is 0.320. The number of esters is 1. The van der Waals surface area contributed by atoms with E-state index in [1.165, 1.54) is 0 Å². The minimum absolute atomic E-state index is 0.128. The lowest BCUT2D eigenvalue weighted by atomic mass is 10.0. The third kappa shape index (κ3) is 5.10. The van der Waals surface area contributed by atoms with Gasteiger partial charge in [0.25, 0.3) is 0 Å². The van der Waals surface area contributed by atoms with Gasteiger partial charge in [0.05, 0.1) is 0 Å². The van der Waals surface area contributed by atoms with Crippen molar-refractivity contribution in [3.05, 3.63) is 77.3 Å². The Hall–Kier alpha value is -3.05. The molecule has 0 aliphatic carbocycles. The van der Waals surface area contributed by atoms with Gasteiger partial charge in [-0.15, -0.1) is 0 Å². The number of benzene rings is 2. The Bertz CT molecular complexity index is 944. The lowest BCUT2D eigenvalue weighted by Gasteiger charge is -2.26. The molecule has 0 saturated carbocycles. The second kappa shape index (κ2) is 9.63. The third-order valence-electron chi connectivity index (χ3n) is 5.20. The number of carbonyl (C=O) groups excluding carboxylic acids is 1. The summed E-state index contributed by atoms with van der Waals surface area (Å²) in [4.78, 5) is 14.4. The van der Waals surface area contributed by atoms with Gasteiger partial charge >= 0.3 is 5.97 Å². The van der Waals surface area contributed by atoms with Crippen LogP contribution in [0.5, 0.6) is 5.75 Å². The molecule has 0 fully saturated rings. The van der Waals surface area contributed by atoms with Crippen molar-refractivity contribution in [2.75, 3.05) is 19.0 Å². The first-order valence-electron chi connectivity index (χ1n) is 10.2. The number of nitrogens with zero attached hydrogens (tertiary/aromatic N) is 1. The van der Waals surface area contributed by atoms with E-state index < -0.39 is 6.10 Å². The van der Waals surface area contributed by atoms with Gasteiger partial charge in [-0.3, -0.25) is 4.79 Å². The topological polar surface area (TPSA) is 59.0 Å². The maximum atomic E-state index is 12.4. The molecule has 0 aromatic heterocycles. The first-order valence-corrected chi connectivity index (χ1v) is 10.2. The van der Waals surface area contributed by atoms with E-state index in [0.717, 1.165) is 17.7 Å². The molecule has 1 aliphatic rings. The van der Waals surface area contributed by atoms with Crippen LogP contribution in [0, 0.1) is 5.92 Å². The minimum atomic E-state index is -1.06. The largest absolute Gasteiger partial charge is 0.453 e. The first kappa shape index (κ1) is 21.7. The fourth-order valence-electron chi connectivity index (χ4n) is 3.12. The standard InChI is InChI=1S/C25H29NO4/c1-5-17(2)16-23(27)30-25-22(29-21-9-7-6-8-20(21)24(25)28)15-12-18-10-13-19(14-11-18)26(3)4/h6-15,17,24,28H,5,16H2,1-4H3/b15-12+. The number of para-hydroxylation sites is 1. The Balaban J connectivity index is 1.89. The van der Waals surface area contributed by atoms with E-state index >= 15 is 0 Å². The molecule has 0 spiro atoms. The Morgan fingerprint density at radius 3 is 2.53 bits per heavy atom. The molecule has 0 bridgehead atoms. The number of ether oxygens (including phenoxy) is 2. The molecule has 1 aliphatic heterocycles. The van der Waals surface area contributed by atoms with E-state index in [0.29, 0.717) is 17.1 Å². The Labute approximate surface area is 178 Å². The van der Waals surface area contributed by atoms with Crippen LogP contribution in [0.15, 0.2) is 66.1 Å². The molecule has 2 atom stereocenters. The van der Waals surface area contributed by atoms with Gasteiger partial charge in [-0.25, -0.2) is 0 Å². The molecule has 2 aromatic carbocycles. The Kier molecular flexibility index (Phi) is 6.95. The van der Waals surface area contributed by atoms with Crippen LogP contribution in [0.1, 0.15) is 43.9 Å². The van der Waals surface area contributed by atoms with Crippen LogP contribution in [0.25, 0.3) is 6.08 Å². The van der Waals surface area contributed by atoms with Crippen LogP contribution >= 0.6 is 0 Å². The molecule has 5 heteroatoms. The first-order chi connectivity index (χ1) is 14.4. The highest BCUT2D eigenvalue weighted by Crippen LogP contribution is 2.38. The molecule has 0 amide bonds. The SMILES string of the molecule is CCC(C)CC(=O)OC1=C(/C=C/c2ccc(N(C)C)cc2)Oc2ccccc2C1O. The number of carbonyl (C=O) groups is 1.